The van der Waals surface area contributed by atoms with Crippen LogP contribution in [0.2, 0.25) is 0 Å². The first-order chi connectivity index (χ1) is 7.15. The van der Waals surface area contributed by atoms with Gasteiger partial charge >= 0.3 is 5.97 Å². The first-order valence-corrected chi connectivity index (χ1v) is 5.87. The van der Waals surface area contributed by atoms with E-state index in [0.29, 0.717) is 6.54 Å². The molecule has 5 heteroatoms. The normalized spacial score (nSPS) is 10.9. The second kappa shape index (κ2) is 5.82. The lowest BCUT2D eigenvalue weighted by Crippen LogP contribution is -2.19. The average Bonchev–Trinajstić information content (AvgIpc) is 2.62. The van der Waals surface area contributed by atoms with Gasteiger partial charge in [0.05, 0.1) is 10.4 Å². The van der Waals surface area contributed by atoms with Crippen LogP contribution in [0, 0.1) is 0 Å². The van der Waals surface area contributed by atoms with E-state index in [-0.39, 0.29) is 5.69 Å². The minimum absolute atomic E-state index is 0.198. The van der Waals surface area contributed by atoms with E-state index in [2.05, 4.69) is 16.8 Å². The van der Waals surface area contributed by atoms with Crippen molar-refractivity contribution in [2.75, 3.05) is 13.6 Å². The lowest BCUT2D eigenvalue weighted by molar-refractivity contribution is 0.0689. The second-order valence-corrected chi connectivity index (χ2v) is 4.46. The van der Waals surface area contributed by atoms with Gasteiger partial charge in [-0.05, 0) is 20.0 Å². The SMILES string of the molecule is CCCCN(C)Cc1scnc1C(=O)O. The summed E-state index contributed by atoms with van der Waals surface area (Å²) in [7, 11) is 2.00. The van der Waals surface area contributed by atoms with Crippen LogP contribution < -0.4 is 0 Å². The predicted molar refractivity (Wildman–Crippen MR) is 60.3 cm³/mol. The number of carbonyl (C=O) groups is 1. The molecule has 1 aromatic heterocycles. The molecule has 0 saturated carbocycles. The van der Waals surface area contributed by atoms with Crippen LogP contribution in [0.4, 0.5) is 0 Å². The first-order valence-electron chi connectivity index (χ1n) is 4.99. The van der Waals surface area contributed by atoms with E-state index in [1.165, 1.54) is 11.3 Å². The molecule has 0 spiro atoms. The summed E-state index contributed by atoms with van der Waals surface area (Å²) < 4.78 is 0. The Balaban J connectivity index is 2.56. The maximum Gasteiger partial charge on any atom is 0.355 e. The van der Waals surface area contributed by atoms with Crippen LogP contribution >= 0.6 is 11.3 Å². The van der Waals surface area contributed by atoms with E-state index in [4.69, 9.17) is 5.11 Å². The Morgan fingerprint density at radius 3 is 3.00 bits per heavy atom. The average molecular weight is 228 g/mol. The van der Waals surface area contributed by atoms with Gasteiger partial charge in [-0.1, -0.05) is 13.3 Å². The zero-order chi connectivity index (χ0) is 11.3. The number of nitrogens with zero attached hydrogens (tertiary/aromatic N) is 2. The molecule has 0 aromatic carbocycles. The van der Waals surface area contributed by atoms with Gasteiger partial charge in [0.2, 0.25) is 0 Å². The Kier molecular flexibility index (Phi) is 4.71. The molecule has 1 N–H and O–H groups in total. The van der Waals surface area contributed by atoms with Gasteiger partial charge < -0.3 is 10.0 Å². The van der Waals surface area contributed by atoms with Gasteiger partial charge in [0, 0.05) is 6.54 Å². The molecule has 0 radical (unpaired) electrons. The zero-order valence-corrected chi connectivity index (χ0v) is 9.88. The highest BCUT2D eigenvalue weighted by Crippen LogP contribution is 2.15. The minimum atomic E-state index is -0.935. The summed E-state index contributed by atoms with van der Waals surface area (Å²) in [5, 5.41) is 8.87. The number of aromatic nitrogens is 1. The molecule has 0 aliphatic rings. The molecule has 0 fully saturated rings. The van der Waals surface area contributed by atoms with Crippen molar-refractivity contribution in [2.45, 2.75) is 26.3 Å². The van der Waals surface area contributed by atoms with Crippen molar-refractivity contribution in [3.05, 3.63) is 16.1 Å². The molecule has 0 saturated heterocycles. The smallest absolute Gasteiger partial charge is 0.355 e. The van der Waals surface area contributed by atoms with Gasteiger partial charge in [-0.25, -0.2) is 9.78 Å². The van der Waals surface area contributed by atoms with Gasteiger partial charge in [0.1, 0.15) is 0 Å². The highest BCUT2D eigenvalue weighted by Gasteiger charge is 2.14. The molecular weight excluding hydrogens is 212 g/mol. The maximum absolute atomic E-state index is 10.8. The quantitative estimate of drug-likeness (QED) is 0.810. The summed E-state index contributed by atoms with van der Waals surface area (Å²) in [6, 6.07) is 0. The molecule has 0 aliphatic carbocycles. The molecule has 1 aromatic rings. The fourth-order valence-corrected chi connectivity index (χ4v) is 2.14. The molecule has 1 heterocycles. The fraction of sp³-hybridized carbons (Fsp3) is 0.600. The summed E-state index contributed by atoms with van der Waals surface area (Å²) in [5.74, 6) is -0.935. The van der Waals surface area contributed by atoms with Crippen molar-refractivity contribution < 1.29 is 9.90 Å². The number of hydrogen-bond donors (Lipinski definition) is 1. The van der Waals surface area contributed by atoms with Crippen LogP contribution in [0.1, 0.15) is 35.1 Å². The summed E-state index contributed by atoms with van der Waals surface area (Å²) in [6.45, 7) is 3.81. The van der Waals surface area contributed by atoms with Crippen molar-refractivity contribution in [1.29, 1.82) is 0 Å². The summed E-state index contributed by atoms with van der Waals surface area (Å²) in [6.07, 6.45) is 2.29. The van der Waals surface area contributed by atoms with Crippen LogP contribution in [0.5, 0.6) is 0 Å². The van der Waals surface area contributed by atoms with Gasteiger partial charge in [0.25, 0.3) is 0 Å². The lowest BCUT2D eigenvalue weighted by atomic mass is 10.3. The maximum atomic E-state index is 10.8. The van der Waals surface area contributed by atoms with Crippen molar-refractivity contribution >= 4 is 17.3 Å². The van der Waals surface area contributed by atoms with E-state index < -0.39 is 5.97 Å². The zero-order valence-electron chi connectivity index (χ0n) is 9.06. The van der Waals surface area contributed by atoms with Crippen LogP contribution in [-0.4, -0.2) is 34.6 Å². The highest BCUT2D eigenvalue weighted by molar-refractivity contribution is 7.09. The molecule has 0 atom stereocenters. The highest BCUT2D eigenvalue weighted by atomic mass is 32.1. The first kappa shape index (κ1) is 12.1. The Labute approximate surface area is 93.6 Å². The summed E-state index contributed by atoms with van der Waals surface area (Å²) in [4.78, 5) is 17.6. The molecule has 0 unspecified atom stereocenters. The second-order valence-electron chi connectivity index (χ2n) is 3.52. The third kappa shape index (κ3) is 3.60. The minimum Gasteiger partial charge on any atom is -0.476 e. The Bertz CT molecular complexity index is 325. The Morgan fingerprint density at radius 1 is 1.67 bits per heavy atom. The van der Waals surface area contributed by atoms with E-state index in [0.717, 1.165) is 24.3 Å². The summed E-state index contributed by atoms with van der Waals surface area (Å²) >= 11 is 1.41. The molecule has 0 amide bonds. The molecule has 0 aliphatic heterocycles. The third-order valence-electron chi connectivity index (χ3n) is 2.15. The van der Waals surface area contributed by atoms with Gasteiger partial charge in [-0.3, -0.25) is 0 Å². The van der Waals surface area contributed by atoms with Crippen molar-refractivity contribution in [2.24, 2.45) is 0 Å². The van der Waals surface area contributed by atoms with Gasteiger partial charge in [-0.15, -0.1) is 11.3 Å². The van der Waals surface area contributed by atoms with E-state index in [9.17, 15) is 4.79 Å². The molecule has 4 nitrogen and oxygen atoms in total. The topological polar surface area (TPSA) is 53.4 Å². The predicted octanol–water partition coefficient (Wildman–Crippen LogP) is 2.07. The standard InChI is InChI=1S/C10H16N2O2S/c1-3-4-5-12(2)6-8-9(10(13)14)11-7-15-8/h7H,3-6H2,1-2H3,(H,13,14). The fourth-order valence-electron chi connectivity index (χ4n) is 1.31. The Morgan fingerprint density at radius 2 is 2.40 bits per heavy atom. The Hall–Kier alpha value is -0.940. The van der Waals surface area contributed by atoms with Crippen molar-refractivity contribution in [3.8, 4) is 0 Å². The molecule has 84 valence electrons. The van der Waals surface area contributed by atoms with E-state index in [1.54, 1.807) is 5.51 Å². The number of unbranched alkanes of at least 4 members (excludes halogenated alkanes) is 1. The molecule has 0 bridgehead atoms. The number of aromatic carboxylic acids is 1. The largest absolute Gasteiger partial charge is 0.476 e. The number of rotatable bonds is 6. The number of thiazole rings is 1. The van der Waals surface area contributed by atoms with Crippen LogP contribution in [0.25, 0.3) is 0 Å². The van der Waals surface area contributed by atoms with Crippen molar-refractivity contribution in [1.82, 2.24) is 9.88 Å². The van der Waals surface area contributed by atoms with Crippen LogP contribution in [0.15, 0.2) is 5.51 Å². The summed E-state index contributed by atoms with van der Waals surface area (Å²) in [5.41, 5.74) is 1.79. The van der Waals surface area contributed by atoms with Crippen LogP contribution in [0.3, 0.4) is 0 Å². The van der Waals surface area contributed by atoms with Gasteiger partial charge in [0.15, 0.2) is 5.69 Å². The monoisotopic (exact) mass is 228 g/mol. The number of carboxylic acids is 1. The number of carboxylic acid groups (broad SMARTS) is 1. The van der Waals surface area contributed by atoms with Gasteiger partial charge in [-0.2, -0.15) is 0 Å². The van der Waals surface area contributed by atoms with Crippen molar-refractivity contribution in [3.63, 3.8) is 0 Å². The van der Waals surface area contributed by atoms with Crippen LogP contribution in [-0.2, 0) is 6.54 Å². The third-order valence-corrected chi connectivity index (χ3v) is 2.97. The molecular formula is C10H16N2O2S. The lowest BCUT2D eigenvalue weighted by Gasteiger charge is -2.14. The molecule has 15 heavy (non-hydrogen) atoms. The van der Waals surface area contributed by atoms with E-state index >= 15 is 0 Å². The molecule has 1 rings (SSSR count). The van der Waals surface area contributed by atoms with E-state index in [1.807, 2.05) is 7.05 Å². The number of hydrogen-bond acceptors (Lipinski definition) is 4.